The fourth-order valence-corrected chi connectivity index (χ4v) is 1.99. The highest BCUT2D eigenvalue weighted by molar-refractivity contribution is 5.96. The lowest BCUT2D eigenvalue weighted by molar-refractivity contribution is 0.0526. The van der Waals surface area contributed by atoms with E-state index in [1.54, 1.807) is 31.2 Å². The zero-order valence-electron chi connectivity index (χ0n) is 11.1. The van der Waals surface area contributed by atoms with Crippen LogP contribution in [0, 0.1) is 0 Å². The van der Waals surface area contributed by atoms with Gasteiger partial charge in [0.05, 0.1) is 17.7 Å². The molecule has 0 aliphatic heterocycles. The van der Waals surface area contributed by atoms with E-state index in [2.05, 4.69) is 11.9 Å². The highest BCUT2D eigenvalue weighted by Crippen LogP contribution is 2.26. The first-order valence-corrected chi connectivity index (χ1v) is 6.45. The van der Waals surface area contributed by atoms with Crippen molar-refractivity contribution in [2.75, 3.05) is 6.61 Å². The summed E-state index contributed by atoms with van der Waals surface area (Å²) in [5.41, 5.74) is 1.97. The lowest BCUT2D eigenvalue weighted by atomic mass is 10.1. The van der Waals surface area contributed by atoms with E-state index in [9.17, 15) is 9.90 Å². The number of carbonyl (C=O) groups excluding carboxylic acids is 1. The van der Waals surface area contributed by atoms with Crippen molar-refractivity contribution in [1.29, 1.82) is 0 Å². The molecule has 0 radical (unpaired) electrons. The number of aromatic nitrogens is 1. The van der Waals surface area contributed by atoms with Crippen LogP contribution in [-0.4, -0.2) is 22.7 Å². The summed E-state index contributed by atoms with van der Waals surface area (Å²) in [6.45, 7) is 4.15. The minimum atomic E-state index is -0.388. The van der Waals surface area contributed by atoms with E-state index >= 15 is 0 Å². The summed E-state index contributed by atoms with van der Waals surface area (Å²) in [4.78, 5) is 16.1. The molecule has 1 heterocycles. The van der Waals surface area contributed by atoms with Crippen molar-refractivity contribution in [1.82, 2.24) is 4.98 Å². The van der Waals surface area contributed by atoms with Gasteiger partial charge in [0.2, 0.25) is 0 Å². The molecule has 0 aliphatic carbocycles. The fourth-order valence-electron chi connectivity index (χ4n) is 1.99. The first kappa shape index (κ1) is 13.3. The summed E-state index contributed by atoms with van der Waals surface area (Å²) >= 11 is 0. The van der Waals surface area contributed by atoms with Gasteiger partial charge in [-0.3, -0.25) is 4.98 Å². The summed E-state index contributed by atoms with van der Waals surface area (Å²) in [5, 5.41) is 10.6. The van der Waals surface area contributed by atoms with Crippen LogP contribution in [0.25, 0.3) is 10.9 Å². The fraction of sp³-hybridized carbons (Fsp3) is 0.333. The van der Waals surface area contributed by atoms with Crippen LogP contribution in [0.1, 0.15) is 36.3 Å². The lowest BCUT2D eigenvalue weighted by Crippen LogP contribution is -2.04. The Labute approximate surface area is 112 Å². The Morgan fingerprint density at radius 3 is 2.79 bits per heavy atom. The third kappa shape index (κ3) is 2.84. The number of aryl methyl sites for hydroxylation is 1. The van der Waals surface area contributed by atoms with Crippen molar-refractivity contribution < 1.29 is 14.6 Å². The van der Waals surface area contributed by atoms with Crippen LogP contribution < -0.4 is 0 Å². The summed E-state index contributed by atoms with van der Waals surface area (Å²) in [6.07, 6.45) is 1.79. The molecule has 0 bridgehead atoms. The molecule has 4 nitrogen and oxygen atoms in total. The van der Waals surface area contributed by atoms with Gasteiger partial charge in [-0.05, 0) is 31.5 Å². The Morgan fingerprint density at radius 2 is 2.11 bits per heavy atom. The van der Waals surface area contributed by atoms with Crippen LogP contribution in [0.15, 0.2) is 24.3 Å². The largest absolute Gasteiger partial charge is 0.507 e. The number of rotatable bonds is 4. The summed E-state index contributed by atoms with van der Waals surface area (Å²) in [7, 11) is 0. The number of carbonyl (C=O) groups is 1. The van der Waals surface area contributed by atoms with Crippen molar-refractivity contribution >= 4 is 16.9 Å². The van der Waals surface area contributed by atoms with Gasteiger partial charge in [0.25, 0.3) is 0 Å². The Kier molecular flexibility index (Phi) is 4.00. The first-order valence-electron chi connectivity index (χ1n) is 6.45. The Balaban J connectivity index is 2.46. The molecule has 2 aromatic rings. The van der Waals surface area contributed by atoms with Gasteiger partial charge >= 0.3 is 5.97 Å². The maximum atomic E-state index is 11.6. The minimum absolute atomic E-state index is 0.152. The number of esters is 1. The molecule has 1 aromatic heterocycles. The average molecular weight is 259 g/mol. The van der Waals surface area contributed by atoms with Gasteiger partial charge in [0, 0.05) is 17.1 Å². The van der Waals surface area contributed by atoms with Crippen molar-refractivity contribution in [3.8, 4) is 5.75 Å². The Hall–Kier alpha value is -2.10. The second-order valence-electron chi connectivity index (χ2n) is 4.34. The van der Waals surface area contributed by atoms with Gasteiger partial charge in [-0.15, -0.1) is 0 Å². The van der Waals surface area contributed by atoms with E-state index in [0.717, 1.165) is 18.5 Å². The van der Waals surface area contributed by atoms with E-state index in [-0.39, 0.29) is 11.7 Å². The molecule has 0 aliphatic rings. The standard InChI is InChI=1S/C15H17NO3/c1-3-5-11-9-14(17)12-8-10(15(18)19-4-2)6-7-13(12)16-11/h6-9H,3-5H2,1-2H3,(H,16,17). The molecule has 0 saturated heterocycles. The molecule has 0 fully saturated rings. The van der Waals surface area contributed by atoms with E-state index < -0.39 is 0 Å². The second kappa shape index (κ2) is 5.69. The van der Waals surface area contributed by atoms with Gasteiger partial charge in [0.1, 0.15) is 5.75 Å². The molecule has 19 heavy (non-hydrogen) atoms. The molecule has 0 saturated carbocycles. The van der Waals surface area contributed by atoms with Crippen molar-refractivity contribution in [3.05, 3.63) is 35.5 Å². The lowest BCUT2D eigenvalue weighted by Gasteiger charge is -2.07. The molecule has 4 heteroatoms. The zero-order chi connectivity index (χ0) is 13.8. The van der Waals surface area contributed by atoms with E-state index in [4.69, 9.17) is 4.74 Å². The predicted octanol–water partition coefficient (Wildman–Crippen LogP) is 3.07. The second-order valence-corrected chi connectivity index (χ2v) is 4.34. The number of ether oxygens (including phenoxy) is 1. The van der Waals surface area contributed by atoms with Crippen LogP contribution in [-0.2, 0) is 11.2 Å². The molecule has 100 valence electrons. The number of pyridine rings is 1. The van der Waals surface area contributed by atoms with Crippen LogP contribution in [0.4, 0.5) is 0 Å². The van der Waals surface area contributed by atoms with Crippen molar-refractivity contribution in [2.24, 2.45) is 0 Å². The monoisotopic (exact) mass is 259 g/mol. The number of hydrogen-bond donors (Lipinski definition) is 1. The SMILES string of the molecule is CCCc1cc(O)c2cc(C(=O)OCC)ccc2n1. The minimum Gasteiger partial charge on any atom is -0.507 e. The van der Waals surface area contributed by atoms with Gasteiger partial charge < -0.3 is 9.84 Å². The number of benzene rings is 1. The average Bonchev–Trinajstić information content (AvgIpc) is 2.39. The topological polar surface area (TPSA) is 59.4 Å². The number of fused-ring (bicyclic) bond motifs is 1. The Morgan fingerprint density at radius 1 is 1.32 bits per heavy atom. The highest BCUT2D eigenvalue weighted by atomic mass is 16.5. The van der Waals surface area contributed by atoms with Crippen molar-refractivity contribution in [2.45, 2.75) is 26.7 Å². The summed E-state index contributed by atoms with van der Waals surface area (Å²) < 4.78 is 4.94. The van der Waals surface area contributed by atoms with E-state index in [0.29, 0.717) is 23.1 Å². The molecule has 0 unspecified atom stereocenters. The maximum Gasteiger partial charge on any atom is 0.338 e. The molecule has 0 atom stereocenters. The van der Waals surface area contributed by atoms with Gasteiger partial charge in [0.15, 0.2) is 0 Å². The predicted molar refractivity (Wildman–Crippen MR) is 73.4 cm³/mol. The molecular formula is C15H17NO3. The first-order chi connectivity index (χ1) is 9.15. The number of hydrogen-bond acceptors (Lipinski definition) is 4. The third-order valence-corrected chi connectivity index (χ3v) is 2.86. The quantitative estimate of drug-likeness (QED) is 0.857. The number of aromatic hydroxyl groups is 1. The molecular weight excluding hydrogens is 242 g/mol. The normalized spacial score (nSPS) is 10.6. The van der Waals surface area contributed by atoms with Crippen LogP contribution >= 0.6 is 0 Å². The third-order valence-electron chi connectivity index (χ3n) is 2.86. The highest BCUT2D eigenvalue weighted by Gasteiger charge is 2.10. The van der Waals surface area contributed by atoms with Crippen LogP contribution in [0.2, 0.25) is 0 Å². The summed E-state index contributed by atoms with van der Waals surface area (Å²) in [5.74, 6) is -0.235. The molecule has 0 spiro atoms. The molecule has 1 N–H and O–H groups in total. The maximum absolute atomic E-state index is 11.6. The zero-order valence-corrected chi connectivity index (χ0v) is 11.1. The number of nitrogens with zero attached hydrogens (tertiary/aromatic N) is 1. The van der Waals surface area contributed by atoms with Gasteiger partial charge in [-0.2, -0.15) is 0 Å². The molecule has 2 rings (SSSR count). The van der Waals surface area contributed by atoms with Gasteiger partial charge in [-0.1, -0.05) is 13.3 Å². The van der Waals surface area contributed by atoms with E-state index in [1.807, 2.05) is 0 Å². The summed E-state index contributed by atoms with van der Waals surface area (Å²) in [6, 6.07) is 6.68. The van der Waals surface area contributed by atoms with Gasteiger partial charge in [-0.25, -0.2) is 4.79 Å². The van der Waals surface area contributed by atoms with E-state index in [1.165, 1.54) is 0 Å². The Bertz CT molecular complexity index is 608. The van der Waals surface area contributed by atoms with Crippen LogP contribution in [0.3, 0.4) is 0 Å². The molecule has 0 amide bonds. The van der Waals surface area contributed by atoms with Crippen molar-refractivity contribution in [3.63, 3.8) is 0 Å². The smallest absolute Gasteiger partial charge is 0.338 e. The van der Waals surface area contributed by atoms with Crippen LogP contribution in [0.5, 0.6) is 5.75 Å². The molecule has 1 aromatic carbocycles.